The van der Waals surface area contributed by atoms with E-state index in [0.717, 1.165) is 24.8 Å². The van der Waals surface area contributed by atoms with Crippen LogP contribution in [0.1, 0.15) is 109 Å². The number of unbranched alkanes of at least 4 members (excludes halogenated alkanes) is 7. The summed E-state index contributed by atoms with van der Waals surface area (Å²) in [5.41, 5.74) is 2.48. The van der Waals surface area contributed by atoms with Gasteiger partial charge in [0.2, 0.25) is 0 Å². The molecule has 0 aromatic heterocycles. The van der Waals surface area contributed by atoms with E-state index in [2.05, 4.69) is 33.8 Å². The van der Waals surface area contributed by atoms with Crippen LogP contribution < -0.4 is 0 Å². The molecule has 1 N–H and O–H groups in total. The highest BCUT2D eigenvalue weighted by atomic mass is 16.6. The number of rotatable bonds is 13. The molecule has 154 valence electrons. The predicted octanol–water partition coefficient (Wildman–Crippen LogP) is 7.31. The Kier molecular flexibility index (Phi) is 9.15. The number of epoxide rings is 1. The molecule has 0 amide bonds. The van der Waals surface area contributed by atoms with Crippen LogP contribution >= 0.6 is 0 Å². The zero-order valence-electron chi connectivity index (χ0n) is 18.2. The molecule has 0 spiro atoms. The van der Waals surface area contributed by atoms with Gasteiger partial charge < -0.3 is 9.84 Å². The largest absolute Gasteiger partial charge is 0.508 e. The van der Waals surface area contributed by atoms with E-state index in [1.165, 1.54) is 63.4 Å². The highest BCUT2D eigenvalue weighted by Crippen LogP contribution is 2.35. The third-order valence-corrected chi connectivity index (χ3v) is 5.90. The van der Waals surface area contributed by atoms with Crippen molar-refractivity contribution in [2.45, 2.75) is 122 Å². The number of hydrogen-bond acceptors (Lipinski definition) is 2. The van der Waals surface area contributed by atoms with Crippen LogP contribution in [0, 0.1) is 0 Å². The Hall–Kier alpha value is -1.02. The van der Waals surface area contributed by atoms with Crippen molar-refractivity contribution in [1.29, 1.82) is 0 Å². The molecule has 1 fully saturated rings. The SMILES string of the molecule is CCCCCCCCCCC1OC1CCCc1c(O)cccc1C(C)(C)C. The van der Waals surface area contributed by atoms with E-state index < -0.39 is 0 Å². The molecular weight excluding hydrogens is 332 g/mol. The summed E-state index contributed by atoms with van der Waals surface area (Å²) >= 11 is 0. The minimum Gasteiger partial charge on any atom is -0.508 e. The molecule has 0 aliphatic carbocycles. The van der Waals surface area contributed by atoms with Crippen LogP contribution in [-0.2, 0) is 16.6 Å². The average molecular weight is 375 g/mol. The van der Waals surface area contributed by atoms with E-state index in [1.807, 2.05) is 12.1 Å². The zero-order valence-corrected chi connectivity index (χ0v) is 18.2. The Morgan fingerprint density at radius 1 is 0.852 bits per heavy atom. The zero-order chi connectivity index (χ0) is 19.7. The molecule has 1 aliphatic heterocycles. The Morgan fingerprint density at radius 3 is 2.07 bits per heavy atom. The molecule has 1 aromatic rings. The monoisotopic (exact) mass is 374 g/mol. The van der Waals surface area contributed by atoms with Gasteiger partial charge in [0, 0.05) is 0 Å². The van der Waals surface area contributed by atoms with Gasteiger partial charge in [-0.25, -0.2) is 0 Å². The van der Waals surface area contributed by atoms with Crippen LogP contribution in [0.4, 0.5) is 0 Å². The molecule has 1 aliphatic rings. The van der Waals surface area contributed by atoms with Gasteiger partial charge >= 0.3 is 0 Å². The molecule has 1 heterocycles. The molecule has 1 aromatic carbocycles. The fourth-order valence-corrected chi connectivity index (χ4v) is 4.19. The van der Waals surface area contributed by atoms with E-state index >= 15 is 0 Å². The maximum Gasteiger partial charge on any atom is 0.119 e. The van der Waals surface area contributed by atoms with Gasteiger partial charge in [-0.05, 0) is 48.3 Å². The van der Waals surface area contributed by atoms with Crippen LogP contribution in [0.2, 0.25) is 0 Å². The number of phenols is 1. The average Bonchev–Trinajstić information content (AvgIpc) is 3.36. The number of hydrogen-bond donors (Lipinski definition) is 1. The highest BCUT2D eigenvalue weighted by molar-refractivity contribution is 5.42. The second kappa shape index (κ2) is 11.1. The predicted molar refractivity (Wildman–Crippen MR) is 116 cm³/mol. The summed E-state index contributed by atoms with van der Waals surface area (Å²) in [6.07, 6.45) is 16.4. The molecule has 2 nitrogen and oxygen atoms in total. The van der Waals surface area contributed by atoms with Gasteiger partial charge in [0.25, 0.3) is 0 Å². The fraction of sp³-hybridized carbons (Fsp3) is 0.760. The van der Waals surface area contributed by atoms with E-state index in [4.69, 9.17) is 4.74 Å². The normalized spacial score (nSPS) is 19.4. The Labute approximate surface area is 167 Å². The van der Waals surface area contributed by atoms with Gasteiger partial charge in [0.15, 0.2) is 0 Å². The topological polar surface area (TPSA) is 32.8 Å². The number of benzene rings is 1. The lowest BCUT2D eigenvalue weighted by molar-refractivity contribution is 0.349. The summed E-state index contributed by atoms with van der Waals surface area (Å²) in [5, 5.41) is 10.3. The van der Waals surface area contributed by atoms with E-state index in [1.54, 1.807) is 0 Å². The first-order chi connectivity index (χ1) is 12.9. The van der Waals surface area contributed by atoms with Gasteiger partial charge in [0.1, 0.15) is 5.75 Å². The Balaban J connectivity index is 1.58. The smallest absolute Gasteiger partial charge is 0.119 e. The first-order valence-corrected chi connectivity index (χ1v) is 11.4. The summed E-state index contributed by atoms with van der Waals surface area (Å²) in [5.74, 6) is 0.453. The van der Waals surface area contributed by atoms with Crippen molar-refractivity contribution in [3.05, 3.63) is 29.3 Å². The lowest BCUT2D eigenvalue weighted by atomic mass is 9.82. The quantitative estimate of drug-likeness (QED) is 0.290. The first-order valence-electron chi connectivity index (χ1n) is 11.4. The third-order valence-electron chi connectivity index (χ3n) is 5.90. The van der Waals surface area contributed by atoms with E-state index in [0.29, 0.717) is 18.0 Å². The van der Waals surface area contributed by atoms with Crippen LogP contribution in [0.15, 0.2) is 18.2 Å². The lowest BCUT2D eigenvalue weighted by Crippen LogP contribution is -2.14. The Morgan fingerprint density at radius 2 is 1.44 bits per heavy atom. The van der Waals surface area contributed by atoms with Gasteiger partial charge in [-0.2, -0.15) is 0 Å². The van der Waals surface area contributed by atoms with E-state index in [-0.39, 0.29) is 5.41 Å². The van der Waals surface area contributed by atoms with Crippen molar-refractivity contribution in [3.63, 3.8) is 0 Å². The molecule has 2 heteroatoms. The van der Waals surface area contributed by atoms with Crippen molar-refractivity contribution in [2.24, 2.45) is 0 Å². The van der Waals surface area contributed by atoms with Gasteiger partial charge in [-0.15, -0.1) is 0 Å². The molecule has 2 atom stereocenters. The van der Waals surface area contributed by atoms with Crippen LogP contribution in [0.3, 0.4) is 0 Å². The molecule has 0 saturated carbocycles. The summed E-state index contributed by atoms with van der Waals surface area (Å²) in [6, 6.07) is 5.94. The number of ether oxygens (including phenoxy) is 1. The van der Waals surface area contributed by atoms with Crippen molar-refractivity contribution in [1.82, 2.24) is 0 Å². The molecule has 1 saturated heterocycles. The third kappa shape index (κ3) is 7.86. The molecule has 2 unspecified atom stereocenters. The first kappa shape index (κ1) is 22.3. The summed E-state index contributed by atoms with van der Waals surface area (Å²) in [6.45, 7) is 8.93. The van der Waals surface area contributed by atoms with Crippen molar-refractivity contribution < 1.29 is 9.84 Å². The Bertz CT molecular complexity index is 544. The van der Waals surface area contributed by atoms with Crippen LogP contribution in [-0.4, -0.2) is 17.3 Å². The molecule has 27 heavy (non-hydrogen) atoms. The van der Waals surface area contributed by atoms with Gasteiger partial charge in [0.05, 0.1) is 12.2 Å². The molecule has 2 rings (SSSR count). The standard InChI is InChI=1S/C25H42O2/c1-5-6-7-8-9-10-11-12-18-23-24(27-23)19-13-15-20-21(25(2,3)4)16-14-17-22(20)26/h14,16-17,23-24,26H,5-13,15,18-19H2,1-4H3. The van der Waals surface area contributed by atoms with Crippen molar-refractivity contribution in [3.8, 4) is 5.75 Å². The van der Waals surface area contributed by atoms with Crippen LogP contribution in [0.25, 0.3) is 0 Å². The number of aromatic hydroxyl groups is 1. The number of phenolic OH excluding ortho intramolecular Hbond substituents is 1. The van der Waals surface area contributed by atoms with Gasteiger partial charge in [-0.1, -0.05) is 91.2 Å². The molecular formula is C25H42O2. The molecule has 0 bridgehead atoms. The maximum atomic E-state index is 10.3. The maximum absolute atomic E-state index is 10.3. The minimum atomic E-state index is 0.0726. The fourth-order valence-electron chi connectivity index (χ4n) is 4.19. The second-order valence-electron chi connectivity index (χ2n) is 9.42. The second-order valence-corrected chi connectivity index (χ2v) is 9.42. The summed E-state index contributed by atoms with van der Waals surface area (Å²) in [7, 11) is 0. The lowest BCUT2D eigenvalue weighted by Gasteiger charge is -2.23. The van der Waals surface area contributed by atoms with E-state index in [9.17, 15) is 5.11 Å². The summed E-state index contributed by atoms with van der Waals surface area (Å²) < 4.78 is 5.88. The van der Waals surface area contributed by atoms with Gasteiger partial charge in [-0.3, -0.25) is 0 Å². The molecule has 0 radical (unpaired) electrons. The summed E-state index contributed by atoms with van der Waals surface area (Å²) in [4.78, 5) is 0. The van der Waals surface area contributed by atoms with Crippen LogP contribution in [0.5, 0.6) is 5.75 Å². The van der Waals surface area contributed by atoms with Crippen molar-refractivity contribution in [2.75, 3.05) is 0 Å². The highest BCUT2D eigenvalue weighted by Gasteiger charge is 2.37. The van der Waals surface area contributed by atoms with Crippen molar-refractivity contribution >= 4 is 0 Å². The minimum absolute atomic E-state index is 0.0726.